The van der Waals surface area contributed by atoms with E-state index in [9.17, 15) is 14.9 Å². The first kappa shape index (κ1) is 19.1. The van der Waals surface area contributed by atoms with Crippen LogP contribution in [0.15, 0.2) is 34.8 Å². The molecule has 3 rings (SSSR count). The fourth-order valence-corrected chi connectivity index (χ4v) is 3.32. The van der Waals surface area contributed by atoms with Gasteiger partial charge in [0.1, 0.15) is 28.1 Å². The second kappa shape index (κ2) is 8.37. The van der Waals surface area contributed by atoms with Gasteiger partial charge in [-0.1, -0.05) is 12.1 Å². The second-order valence-corrected chi connectivity index (χ2v) is 6.49. The number of ether oxygens (including phenoxy) is 2. The van der Waals surface area contributed by atoms with Crippen LogP contribution in [0.5, 0.6) is 0 Å². The van der Waals surface area contributed by atoms with Crippen LogP contribution < -0.4 is 5.73 Å². The molecule has 0 saturated heterocycles. The molecule has 8 nitrogen and oxygen atoms in total. The van der Waals surface area contributed by atoms with E-state index in [2.05, 4.69) is 4.98 Å². The number of nitrogen functional groups attached to an aromatic ring is 1. The molecular weight excluding hydrogens is 382 g/mol. The average Bonchev–Trinajstić information content (AvgIpc) is 3.24. The normalized spacial score (nSPS) is 10.9. The summed E-state index contributed by atoms with van der Waals surface area (Å²) in [7, 11) is 0. The molecule has 1 aromatic carbocycles. The summed E-state index contributed by atoms with van der Waals surface area (Å²) in [5.74, 6) is -1.05. The molecule has 0 radical (unpaired) electrons. The average molecular weight is 397 g/mol. The summed E-state index contributed by atoms with van der Waals surface area (Å²) < 4.78 is 15.6. The molecule has 0 fully saturated rings. The number of nitrogens with zero attached hydrogens (tertiary/aromatic N) is 2. The topological polar surface area (TPSA) is 128 Å². The second-order valence-electron chi connectivity index (χ2n) is 5.44. The van der Waals surface area contributed by atoms with Gasteiger partial charge in [-0.2, -0.15) is 5.26 Å². The van der Waals surface area contributed by atoms with Crippen molar-refractivity contribution in [1.29, 1.82) is 5.26 Å². The zero-order chi connectivity index (χ0) is 20.1. The Morgan fingerprint density at radius 3 is 2.86 bits per heavy atom. The fourth-order valence-electron chi connectivity index (χ4n) is 2.40. The first-order valence-electron chi connectivity index (χ1n) is 8.22. The number of carbonyl (C=O) groups is 2. The summed E-state index contributed by atoms with van der Waals surface area (Å²) in [5.41, 5.74) is 7.37. The van der Waals surface area contributed by atoms with Crippen LogP contribution in [0.2, 0.25) is 0 Å². The fraction of sp³-hybridized carbons (Fsp3) is 0.158. The molecule has 0 amide bonds. The van der Waals surface area contributed by atoms with E-state index in [4.69, 9.17) is 19.6 Å². The van der Waals surface area contributed by atoms with Crippen molar-refractivity contribution in [3.05, 3.63) is 52.2 Å². The third-order valence-corrected chi connectivity index (χ3v) is 4.68. The maximum atomic E-state index is 12.0. The largest absolute Gasteiger partial charge is 0.462 e. The molecule has 0 bridgehead atoms. The number of fused-ring (bicyclic) bond motifs is 1. The Morgan fingerprint density at radius 2 is 2.14 bits per heavy atom. The van der Waals surface area contributed by atoms with Crippen molar-refractivity contribution in [1.82, 2.24) is 4.98 Å². The molecular formula is C19H15N3O5S. The van der Waals surface area contributed by atoms with E-state index >= 15 is 0 Å². The van der Waals surface area contributed by atoms with Gasteiger partial charge in [0.15, 0.2) is 5.58 Å². The van der Waals surface area contributed by atoms with E-state index in [0.29, 0.717) is 11.1 Å². The van der Waals surface area contributed by atoms with Crippen LogP contribution in [0.4, 0.5) is 5.00 Å². The number of aromatic nitrogens is 1. The maximum Gasteiger partial charge on any atom is 0.348 e. The van der Waals surface area contributed by atoms with E-state index in [0.717, 1.165) is 17.4 Å². The van der Waals surface area contributed by atoms with E-state index in [1.54, 1.807) is 19.1 Å². The zero-order valence-electron chi connectivity index (χ0n) is 14.8. The van der Waals surface area contributed by atoms with Gasteiger partial charge in [0, 0.05) is 17.7 Å². The standard InChI is InChI=1S/C19H15N3O5S/c1-2-25-19(24)17-12(11(9-20)18(21)28-17)10-26-16(23)8-7-15-22-13-5-3-4-6-14(13)27-15/h3-8H,2,10,21H2,1H3/b8-7+. The summed E-state index contributed by atoms with van der Waals surface area (Å²) >= 11 is 0.924. The van der Waals surface area contributed by atoms with Gasteiger partial charge in [-0.15, -0.1) is 11.3 Å². The number of para-hydroxylation sites is 2. The van der Waals surface area contributed by atoms with Gasteiger partial charge in [-0.3, -0.25) is 0 Å². The van der Waals surface area contributed by atoms with Crippen molar-refractivity contribution in [3.8, 4) is 6.07 Å². The lowest BCUT2D eigenvalue weighted by atomic mass is 10.1. The van der Waals surface area contributed by atoms with Crippen LogP contribution in [-0.4, -0.2) is 23.5 Å². The van der Waals surface area contributed by atoms with Gasteiger partial charge in [0.05, 0.1) is 12.2 Å². The molecule has 2 aromatic heterocycles. The molecule has 3 aromatic rings. The Morgan fingerprint density at radius 1 is 1.36 bits per heavy atom. The van der Waals surface area contributed by atoms with Gasteiger partial charge in [0.25, 0.3) is 0 Å². The van der Waals surface area contributed by atoms with E-state index in [-0.39, 0.29) is 40.1 Å². The first-order chi connectivity index (χ1) is 13.5. The minimum absolute atomic E-state index is 0.101. The molecule has 0 aliphatic heterocycles. The number of rotatable bonds is 6. The lowest BCUT2D eigenvalue weighted by Crippen LogP contribution is -2.08. The molecule has 142 valence electrons. The van der Waals surface area contributed by atoms with Crippen molar-refractivity contribution in [2.24, 2.45) is 0 Å². The zero-order valence-corrected chi connectivity index (χ0v) is 15.6. The van der Waals surface area contributed by atoms with Crippen molar-refractivity contribution in [2.45, 2.75) is 13.5 Å². The number of hydrogen-bond acceptors (Lipinski definition) is 9. The van der Waals surface area contributed by atoms with Crippen molar-refractivity contribution in [2.75, 3.05) is 12.3 Å². The summed E-state index contributed by atoms with van der Waals surface area (Å²) in [6, 6.07) is 9.11. The van der Waals surface area contributed by atoms with Crippen LogP contribution in [0.1, 0.15) is 33.6 Å². The molecule has 28 heavy (non-hydrogen) atoms. The van der Waals surface area contributed by atoms with E-state index < -0.39 is 11.9 Å². The van der Waals surface area contributed by atoms with E-state index in [1.165, 1.54) is 6.08 Å². The third-order valence-electron chi connectivity index (χ3n) is 3.64. The number of esters is 2. The first-order valence-corrected chi connectivity index (χ1v) is 9.04. The van der Waals surface area contributed by atoms with Crippen LogP contribution >= 0.6 is 11.3 Å². The Bertz CT molecular complexity index is 1070. The number of oxazole rings is 1. The van der Waals surface area contributed by atoms with Gasteiger partial charge in [-0.05, 0) is 19.1 Å². The number of carbonyl (C=O) groups excluding carboxylic acids is 2. The van der Waals surface area contributed by atoms with Gasteiger partial charge in [-0.25, -0.2) is 14.6 Å². The predicted molar refractivity (Wildman–Crippen MR) is 102 cm³/mol. The molecule has 2 N–H and O–H groups in total. The monoisotopic (exact) mass is 397 g/mol. The van der Waals surface area contributed by atoms with Crippen molar-refractivity contribution in [3.63, 3.8) is 0 Å². The molecule has 0 aliphatic carbocycles. The Balaban J connectivity index is 1.72. The smallest absolute Gasteiger partial charge is 0.348 e. The van der Waals surface area contributed by atoms with Gasteiger partial charge >= 0.3 is 11.9 Å². The van der Waals surface area contributed by atoms with E-state index in [1.807, 2.05) is 18.2 Å². The van der Waals surface area contributed by atoms with Gasteiger partial charge in [0.2, 0.25) is 5.89 Å². The Labute approximate surface area is 163 Å². The Kier molecular flexibility index (Phi) is 5.72. The highest BCUT2D eigenvalue weighted by Crippen LogP contribution is 2.31. The molecule has 9 heteroatoms. The number of nitriles is 1. The predicted octanol–water partition coefficient (Wildman–Crippen LogP) is 3.28. The van der Waals surface area contributed by atoms with Crippen LogP contribution in [0.25, 0.3) is 17.2 Å². The minimum atomic E-state index is -0.689. The summed E-state index contributed by atoms with van der Waals surface area (Å²) in [6.07, 6.45) is 2.53. The number of nitrogens with two attached hydrogens (primary N) is 1. The van der Waals surface area contributed by atoms with Crippen LogP contribution in [0, 0.1) is 11.3 Å². The highest BCUT2D eigenvalue weighted by atomic mass is 32.1. The Hall–Kier alpha value is -3.64. The summed E-state index contributed by atoms with van der Waals surface area (Å²) in [4.78, 5) is 28.4. The number of thiophene rings is 1. The highest BCUT2D eigenvalue weighted by molar-refractivity contribution is 7.18. The van der Waals surface area contributed by atoms with Crippen LogP contribution in [0.3, 0.4) is 0 Å². The minimum Gasteiger partial charge on any atom is -0.462 e. The molecule has 0 aliphatic rings. The third kappa shape index (κ3) is 4.02. The molecule has 0 spiro atoms. The lowest BCUT2D eigenvalue weighted by molar-refractivity contribution is -0.138. The molecule has 2 heterocycles. The molecule has 0 saturated carbocycles. The number of anilines is 1. The lowest BCUT2D eigenvalue weighted by Gasteiger charge is -2.04. The maximum absolute atomic E-state index is 12.0. The van der Waals surface area contributed by atoms with Crippen molar-refractivity contribution >= 4 is 45.5 Å². The van der Waals surface area contributed by atoms with Crippen molar-refractivity contribution < 1.29 is 23.5 Å². The summed E-state index contributed by atoms with van der Waals surface area (Å²) in [6.45, 7) is 1.54. The molecule has 0 unspecified atom stereocenters. The van der Waals surface area contributed by atoms with Gasteiger partial charge < -0.3 is 19.6 Å². The molecule has 0 atom stereocenters. The quantitative estimate of drug-likeness (QED) is 0.496. The summed E-state index contributed by atoms with van der Waals surface area (Å²) in [5, 5.41) is 9.43. The SMILES string of the molecule is CCOC(=O)c1sc(N)c(C#N)c1COC(=O)/C=C/c1nc2ccccc2o1. The number of hydrogen-bond donors (Lipinski definition) is 1. The van der Waals surface area contributed by atoms with Crippen LogP contribution in [-0.2, 0) is 20.9 Å². The highest BCUT2D eigenvalue weighted by Gasteiger charge is 2.23. The number of benzene rings is 1.